The summed E-state index contributed by atoms with van der Waals surface area (Å²) >= 11 is 0. The monoisotopic (exact) mass is 351 g/mol. The maximum absolute atomic E-state index is 14.4. The van der Waals surface area contributed by atoms with E-state index in [0.717, 1.165) is 0 Å². The molecule has 4 rings (SSSR count). The number of halogens is 1. The molecule has 0 radical (unpaired) electrons. The predicted octanol–water partition coefficient (Wildman–Crippen LogP) is 3.06. The Morgan fingerprint density at radius 3 is 2.77 bits per heavy atom. The van der Waals surface area contributed by atoms with Gasteiger partial charge >= 0.3 is 0 Å². The van der Waals surface area contributed by atoms with E-state index in [2.05, 4.69) is 15.3 Å². The van der Waals surface area contributed by atoms with Crippen molar-refractivity contribution in [3.05, 3.63) is 66.9 Å². The van der Waals surface area contributed by atoms with E-state index in [1.807, 2.05) is 6.07 Å². The Morgan fingerprint density at radius 1 is 1.15 bits per heavy atom. The maximum atomic E-state index is 14.4. The van der Waals surface area contributed by atoms with Crippen molar-refractivity contribution in [3.63, 3.8) is 0 Å². The van der Waals surface area contributed by atoms with Gasteiger partial charge in [-0.05, 0) is 36.4 Å². The van der Waals surface area contributed by atoms with Crippen molar-refractivity contribution < 1.29 is 18.7 Å². The minimum absolute atomic E-state index is 0.0876. The zero-order valence-electron chi connectivity index (χ0n) is 13.6. The second-order valence-electron chi connectivity index (χ2n) is 5.64. The predicted molar refractivity (Wildman–Crippen MR) is 92.4 cm³/mol. The van der Waals surface area contributed by atoms with E-state index in [1.165, 1.54) is 18.6 Å². The van der Waals surface area contributed by atoms with E-state index >= 15 is 0 Å². The molecule has 1 aromatic heterocycles. The molecule has 0 saturated heterocycles. The highest BCUT2D eigenvalue weighted by Crippen LogP contribution is 2.31. The van der Waals surface area contributed by atoms with E-state index in [4.69, 9.17) is 9.47 Å². The summed E-state index contributed by atoms with van der Waals surface area (Å²) in [5.74, 6) is 0.197. The van der Waals surface area contributed by atoms with Crippen LogP contribution in [0.5, 0.6) is 11.5 Å². The van der Waals surface area contributed by atoms with Crippen molar-refractivity contribution in [2.75, 3.05) is 11.9 Å². The van der Waals surface area contributed by atoms with Gasteiger partial charge in [0.25, 0.3) is 5.91 Å². The molecule has 0 saturated carbocycles. The van der Waals surface area contributed by atoms with Gasteiger partial charge in [0.15, 0.2) is 11.5 Å². The van der Waals surface area contributed by atoms with Crippen LogP contribution in [-0.4, -0.2) is 28.6 Å². The number of fused-ring (bicyclic) bond motifs is 1. The van der Waals surface area contributed by atoms with E-state index in [1.54, 1.807) is 36.4 Å². The standard InChI is InChI=1S/C19H14FN3O3/c20-14-9-12(5-6-13(14)15-7-8-21-11-22-15)23-19(24)18-10-25-16-3-1-2-4-17(16)26-18/h1-9,11,18H,10H2,(H,23,24). The fourth-order valence-corrected chi connectivity index (χ4v) is 2.62. The summed E-state index contributed by atoms with van der Waals surface area (Å²) < 4.78 is 25.5. The molecule has 26 heavy (non-hydrogen) atoms. The first kappa shape index (κ1) is 16.0. The number of nitrogens with one attached hydrogen (secondary N) is 1. The molecular weight excluding hydrogens is 337 g/mol. The molecular formula is C19H14FN3O3. The van der Waals surface area contributed by atoms with Crippen LogP contribution in [0.2, 0.25) is 0 Å². The Kier molecular flexibility index (Phi) is 4.18. The van der Waals surface area contributed by atoms with Crippen LogP contribution in [0.1, 0.15) is 0 Å². The smallest absolute Gasteiger partial charge is 0.269 e. The number of carbonyl (C=O) groups excluding carboxylic acids is 1. The molecule has 2 aromatic carbocycles. The van der Waals surface area contributed by atoms with E-state index in [9.17, 15) is 9.18 Å². The van der Waals surface area contributed by atoms with Gasteiger partial charge in [-0.2, -0.15) is 0 Å². The van der Waals surface area contributed by atoms with Crippen LogP contribution in [0.3, 0.4) is 0 Å². The van der Waals surface area contributed by atoms with Gasteiger partial charge in [-0.25, -0.2) is 14.4 Å². The van der Waals surface area contributed by atoms with Gasteiger partial charge < -0.3 is 14.8 Å². The molecule has 0 aliphatic carbocycles. The van der Waals surface area contributed by atoms with Crippen LogP contribution < -0.4 is 14.8 Å². The third-order valence-corrected chi connectivity index (χ3v) is 3.90. The van der Waals surface area contributed by atoms with Crippen molar-refractivity contribution in [2.24, 2.45) is 0 Å². The lowest BCUT2D eigenvalue weighted by Gasteiger charge is -2.25. The number of aromatic nitrogens is 2. The summed E-state index contributed by atoms with van der Waals surface area (Å²) in [7, 11) is 0. The van der Waals surface area contributed by atoms with Crippen molar-refractivity contribution in [1.29, 1.82) is 0 Å². The van der Waals surface area contributed by atoms with Crippen LogP contribution in [-0.2, 0) is 4.79 Å². The van der Waals surface area contributed by atoms with Gasteiger partial charge in [-0.15, -0.1) is 0 Å². The lowest BCUT2D eigenvalue weighted by Crippen LogP contribution is -2.40. The van der Waals surface area contributed by atoms with Crippen LogP contribution in [0.4, 0.5) is 10.1 Å². The average molecular weight is 351 g/mol. The summed E-state index contributed by atoms with van der Waals surface area (Å²) in [4.78, 5) is 20.2. The molecule has 1 aliphatic rings. The van der Waals surface area contributed by atoms with Crippen molar-refractivity contribution in [2.45, 2.75) is 6.10 Å². The number of para-hydroxylation sites is 2. The van der Waals surface area contributed by atoms with E-state index in [-0.39, 0.29) is 6.61 Å². The molecule has 1 aliphatic heterocycles. The van der Waals surface area contributed by atoms with Gasteiger partial charge in [0.1, 0.15) is 18.8 Å². The lowest BCUT2D eigenvalue weighted by atomic mass is 10.1. The number of rotatable bonds is 3. The largest absolute Gasteiger partial charge is 0.485 e. The number of benzene rings is 2. The fourth-order valence-electron chi connectivity index (χ4n) is 2.62. The third kappa shape index (κ3) is 3.19. The van der Waals surface area contributed by atoms with Crippen molar-refractivity contribution in [3.8, 4) is 22.8 Å². The molecule has 0 bridgehead atoms. The molecule has 1 N–H and O–H groups in total. The van der Waals surface area contributed by atoms with Gasteiger partial charge in [0, 0.05) is 17.4 Å². The number of carbonyl (C=O) groups is 1. The first-order valence-corrected chi connectivity index (χ1v) is 7.96. The molecule has 130 valence electrons. The zero-order valence-corrected chi connectivity index (χ0v) is 13.6. The number of hydrogen-bond acceptors (Lipinski definition) is 5. The van der Waals surface area contributed by atoms with E-state index < -0.39 is 17.8 Å². The highest BCUT2D eigenvalue weighted by Gasteiger charge is 2.27. The second kappa shape index (κ2) is 6.79. The van der Waals surface area contributed by atoms with Gasteiger partial charge in [0.05, 0.1) is 5.69 Å². The highest BCUT2D eigenvalue weighted by molar-refractivity contribution is 5.95. The van der Waals surface area contributed by atoms with Crippen LogP contribution in [0.15, 0.2) is 61.1 Å². The zero-order chi connectivity index (χ0) is 17.9. The molecule has 7 heteroatoms. The average Bonchev–Trinajstić information content (AvgIpc) is 2.68. The summed E-state index contributed by atoms with van der Waals surface area (Å²) in [6.07, 6.45) is 2.08. The Labute approximate surface area is 148 Å². The second-order valence-corrected chi connectivity index (χ2v) is 5.64. The SMILES string of the molecule is O=C(Nc1ccc(-c2ccncn2)c(F)c1)C1COc2ccccc2O1. The van der Waals surface area contributed by atoms with Crippen LogP contribution in [0.25, 0.3) is 11.3 Å². The molecule has 2 heterocycles. The molecule has 1 unspecified atom stereocenters. The molecule has 3 aromatic rings. The number of anilines is 1. The molecule has 0 fully saturated rings. The topological polar surface area (TPSA) is 73.3 Å². The summed E-state index contributed by atoms with van der Waals surface area (Å²) in [5, 5.41) is 2.65. The lowest BCUT2D eigenvalue weighted by molar-refractivity contribution is -0.125. The van der Waals surface area contributed by atoms with Gasteiger partial charge in [-0.1, -0.05) is 12.1 Å². The Balaban J connectivity index is 1.48. The minimum atomic E-state index is -0.811. The molecule has 0 spiro atoms. The first-order chi connectivity index (χ1) is 12.7. The van der Waals surface area contributed by atoms with Crippen LogP contribution in [0, 0.1) is 5.82 Å². The Morgan fingerprint density at radius 2 is 2.00 bits per heavy atom. The molecule has 1 atom stereocenters. The summed E-state index contributed by atoms with van der Waals surface area (Å²) in [6.45, 7) is 0.0876. The Hall–Kier alpha value is -3.48. The number of amides is 1. The van der Waals surface area contributed by atoms with Crippen LogP contribution >= 0.6 is 0 Å². The fraction of sp³-hybridized carbons (Fsp3) is 0.105. The molecule has 1 amide bonds. The quantitative estimate of drug-likeness (QED) is 0.785. The third-order valence-electron chi connectivity index (χ3n) is 3.90. The maximum Gasteiger partial charge on any atom is 0.269 e. The number of ether oxygens (including phenoxy) is 2. The van der Waals surface area contributed by atoms with Gasteiger partial charge in [0.2, 0.25) is 6.10 Å². The molecule has 6 nitrogen and oxygen atoms in total. The van der Waals surface area contributed by atoms with Gasteiger partial charge in [-0.3, -0.25) is 4.79 Å². The van der Waals surface area contributed by atoms with Crippen molar-refractivity contribution in [1.82, 2.24) is 9.97 Å². The van der Waals surface area contributed by atoms with Crippen molar-refractivity contribution >= 4 is 11.6 Å². The van der Waals surface area contributed by atoms with E-state index in [0.29, 0.717) is 28.4 Å². The summed E-state index contributed by atoms with van der Waals surface area (Å²) in [5.41, 5.74) is 1.13. The first-order valence-electron chi connectivity index (χ1n) is 7.96. The summed E-state index contributed by atoms with van der Waals surface area (Å²) in [6, 6.07) is 13.1. The number of hydrogen-bond donors (Lipinski definition) is 1. The minimum Gasteiger partial charge on any atom is -0.485 e. The normalized spacial score (nSPS) is 15.3. The highest BCUT2D eigenvalue weighted by atomic mass is 19.1. The number of nitrogens with zero attached hydrogens (tertiary/aromatic N) is 2. The Bertz CT molecular complexity index is 950.